The molecule has 2 heterocycles. The van der Waals surface area contributed by atoms with Crippen LogP contribution in [0.2, 0.25) is 0 Å². The third kappa shape index (κ3) is 4.09. The SMILES string of the molecule is O=C(Nc1ccc2c(c1)OCCO2)c1ccccc1NC(=O)C1CCNCC1. The lowest BCUT2D eigenvalue weighted by atomic mass is 9.97. The molecule has 2 aromatic rings. The first-order valence-electron chi connectivity index (χ1n) is 9.52. The fourth-order valence-corrected chi connectivity index (χ4v) is 3.43. The Morgan fingerprint density at radius 3 is 2.50 bits per heavy atom. The Morgan fingerprint density at radius 1 is 0.929 bits per heavy atom. The number of carbonyl (C=O) groups excluding carboxylic acids is 2. The highest BCUT2D eigenvalue weighted by atomic mass is 16.6. The summed E-state index contributed by atoms with van der Waals surface area (Å²) >= 11 is 0. The van der Waals surface area contributed by atoms with E-state index in [4.69, 9.17) is 9.47 Å². The molecule has 7 heteroatoms. The zero-order chi connectivity index (χ0) is 19.3. The maximum Gasteiger partial charge on any atom is 0.257 e. The van der Waals surface area contributed by atoms with Crippen LogP contribution in [-0.4, -0.2) is 38.1 Å². The molecule has 28 heavy (non-hydrogen) atoms. The van der Waals surface area contributed by atoms with E-state index in [0.717, 1.165) is 25.9 Å². The van der Waals surface area contributed by atoms with Crippen molar-refractivity contribution in [3.8, 4) is 11.5 Å². The second-order valence-corrected chi connectivity index (χ2v) is 6.87. The predicted molar refractivity (Wildman–Crippen MR) is 106 cm³/mol. The van der Waals surface area contributed by atoms with Crippen molar-refractivity contribution in [2.75, 3.05) is 36.9 Å². The molecular formula is C21H23N3O4. The minimum Gasteiger partial charge on any atom is -0.486 e. The molecule has 2 aliphatic heterocycles. The van der Waals surface area contributed by atoms with Gasteiger partial charge in [0.2, 0.25) is 5.91 Å². The zero-order valence-electron chi connectivity index (χ0n) is 15.5. The fraction of sp³-hybridized carbons (Fsp3) is 0.333. The number of anilines is 2. The molecule has 0 spiro atoms. The van der Waals surface area contributed by atoms with Crippen molar-refractivity contribution in [2.24, 2.45) is 5.92 Å². The molecule has 0 atom stereocenters. The first-order valence-corrected chi connectivity index (χ1v) is 9.52. The normalized spacial score (nSPS) is 16.3. The molecule has 0 radical (unpaired) electrons. The van der Waals surface area contributed by atoms with Crippen molar-refractivity contribution in [2.45, 2.75) is 12.8 Å². The molecule has 0 aromatic heterocycles. The molecule has 0 saturated carbocycles. The second kappa shape index (κ2) is 8.31. The number of hydrogen-bond acceptors (Lipinski definition) is 5. The number of piperidine rings is 1. The predicted octanol–water partition coefficient (Wildman–Crippen LogP) is 2.65. The number of nitrogens with one attached hydrogen (secondary N) is 3. The van der Waals surface area contributed by atoms with E-state index in [0.29, 0.717) is 41.7 Å². The summed E-state index contributed by atoms with van der Waals surface area (Å²) in [6.45, 7) is 2.67. The second-order valence-electron chi connectivity index (χ2n) is 6.87. The van der Waals surface area contributed by atoms with Crippen molar-refractivity contribution in [3.05, 3.63) is 48.0 Å². The average molecular weight is 381 g/mol. The van der Waals surface area contributed by atoms with E-state index in [1.165, 1.54) is 0 Å². The van der Waals surface area contributed by atoms with Gasteiger partial charge in [0.05, 0.1) is 11.3 Å². The number of ether oxygens (including phenoxy) is 2. The van der Waals surface area contributed by atoms with E-state index in [-0.39, 0.29) is 17.7 Å². The van der Waals surface area contributed by atoms with Crippen LogP contribution in [-0.2, 0) is 4.79 Å². The third-order valence-electron chi connectivity index (χ3n) is 4.94. The summed E-state index contributed by atoms with van der Waals surface area (Å²) in [4.78, 5) is 25.4. The summed E-state index contributed by atoms with van der Waals surface area (Å²) < 4.78 is 11.1. The van der Waals surface area contributed by atoms with Gasteiger partial charge >= 0.3 is 0 Å². The van der Waals surface area contributed by atoms with Gasteiger partial charge in [-0.15, -0.1) is 0 Å². The number of fused-ring (bicyclic) bond motifs is 1. The summed E-state index contributed by atoms with van der Waals surface area (Å²) in [6, 6.07) is 12.3. The number of carbonyl (C=O) groups is 2. The van der Waals surface area contributed by atoms with E-state index < -0.39 is 0 Å². The molecule has 0 unspecified atom stereocenters. The number of benzene rings is 2. The van der Waals surface area contributed by atoms with Crippen molar-refractivity contribution in [1.29, 1.82) is 0 Å². The number of hydrogen-bond donors (Lipinski definition) is 3. The van der Waals surface area contributed by atoms with Crippen LogP contribution in [0.3, 0.4) is 0 Å². The molecule has 0 bridgehead atoms. The van der Waals surface area contributed by atoms with E-state index in [1.807, 2.05) is 0 Å². The highest BCUT2D eigenvalue weighted by Crippen LogP contribution is 2.33. The Hall–Kier alpha value is -3.06. The van der Waals surface area contributed by atoms with Gasteiger partial charge in [-0.3, -0.25) is 9.59 Å². The molecule has 2 aliphatic rings. The van der Waals surface area contributed by atoms with Crippen LogP contribution in [0.25, 0.3) is 0 Å². The number of para-hydroxylation sites is 1. The topological polar surface area (TPSA) is 88.7 Å². The Morgan fingerprint density at radius 2 is 1.68 bits per heavy atom. The Labute approximate surface area is 163 Å². The number of amides is 2. The van der Waals surface area contributed by atoms with Crippen LogP contribution in [0.1, 0.15) is 23.2 Å². The monoisotopic (exact) mass is 381 g/mol. The van der Waals surface area contributed by atoms with Crippen molar-refractivity contribution >= 4 is 23.2 Å². The van der Waals surface area contributed by atoms with Gasteiger partial charge in [-0.05, 0) is 50.2 Å². The Bertz CT molecular complexity index is 878. The lowest BCUT2D eigenvalue weighted by molar-refractivity contribution is -0.120. The van der Waals surface area contributed by atoms with Gasteiger partial charge in [-0.25, -0.2) is 0 Å². The van der Waals surface area contributed by atoms with Crippen molar-refractivity contribution in [3.63, 3.8) is 0 Å². The van der Waals surface area contributed by atoms with Gasteiger partial charge in [0.1, 0.15) is 13.2 Å². The molecule has 7 nitrogen and oxygen atoms in total. The molecule has 1 saturated heterocycles. The van der Waals surface area contributed by atoms with Crippen LogP contribution in [0.4, 0.5) is 11.4 Å². The standard InChI is InChI=1S/C21H23N3O4/c25-20(14-7-9-22-10-8-14)24-17-4-2-1-3-16(17)21(26)23-15-5-6-18-19(13-15)28-12-11-27-18/h1-6,13-14,22H,7-12H2,(H,23,26)(H,24,25). The molecule has 0 aliphatic carbocycles. The lowest BCUT2D eigenvalue weighted by Gasteiger charge is -2.22. The Balaban J connectivity index is 1.48. The summed E-state index contributed by atoms with van der Waals surface area (Å²) in [6.07, 6.45) is 1.61. The van der Waals surface area contributed by atoms with E-state index in [9.17, 15) is 9.59 Å². The average Bonchev–Trinajstić information content (AvgIpc) is 2.74. The van der Waals surface area contributed by atoms with E-state index in [2.05, 4.69) is 16.0 Å². The van der Waals surface area contributed by atoms with Crippen LogP contribution in [0, 0.1) is 5.92 Å². The third-order valence-corrected chi connectivity index (χ3v) is 4.94. The smallest absolute Gasteiger partial charge is 0.257 e. The van der Waals surface area contributed by atoms with E-state index >= 15 is 0 Å². The quantitative estimate of drug-likeness (QED) is 0.758. The molecule has 1 fully saturated rings. The van der Waals surface area contributed by atoms with Crippen LogP contribution in [0.5, 0.6) is 11.5 Å². The maximum absolute atomic E-state index is 12.8. The van der Waals surface area contributed by atoms with Crippen molar-refractivity contribution in [1.82, 2.24) is 5.32 Å². The van der Waals surface area contributed by atoms with Gasteiger partial charge in [0.25, 0.3) is 5.91 Å². The largest absolute Gasteiger partial charge is 0.486 e. The fourth-order valence-electron chi connectivity index (χ4n) is 3.43. The molecule has 146 valence electrons. The maximum atomic E-state index is 12.8. The van der Waals surface area contributed by atoms with Gasteiger partial charge in [-0.1, -0.05) is 12.1 Å². The molecular weight excluding hydrogens is 358 g/mol. The van der Waals surface area contributed by atoms with Crippen molar-refractivity contribution < 1.29 is 19.1 Å². The molecule has 2 aromatic carbocycles. The van der Waals surface area contributed by atoms with Crippen LogP contribution < -0.4 is 25.4 Å². The van der Waals surface area contributed by atoms with Gasteiger partial charge in [-0.2, -0.15) is 0 Å². The van der Waals surface area contributed by atoms with Gasteiger partial charge in [0, 0.05) is 17.7 Å². The highest BCUT2D eigenvalue weighted by molar-refractivity contribution is 6.10. The summed E-state index contributed by atoms with van der Waals surface area (Å²) in [5.74, 6) is 0.907. The first kappa shape index (κ1) is 18.3. The lowest BCUT2D eigenvalue weighted by Crippen LogP contribution is -2.35. The van der Waals surface area contributed by atoms with Gasteiger partial charge in [0.15, 0.2) is 11.5 Å². The summed E-state index contributed by atoms with van der Waals surface area (Å²) in [7, 11) is 0. The van der Waals surface area contributed by atoms with E-state index in [1.54, 1.807) is 42.5 Å². The zero-order valence-corrected chi connectivity index (χ0v) is 15.5. The molecule has 4 rings (SSSR count). The minimum absolute atomic E-state index is 0.0323. The summed E-state index contributed by atoms with van der Waals surface area (Å²) in [5.41, 5.74) is 1.54. The Kier molecular flexibility index (Phi) is 5.43. The first-order chi connectivity index (χ1) is 13.7. The summed E-state index contributed by atoms with van der Waals surface area (Å²) in [5, 5.41) is 9.04. The highest BCUT2D eigenvalue weighted by Gasteiger charge is 2.22. The van der Waals surface area contributed by atoms with Crippen LogP contribution >= 0.6 is 0 Å². The van der Waals surface area contributed by atoms with Crippen LogP contribution in [0.15, 0.2) is 42.5 Å². The minimum atomic E-state index is -0.294. The molecule has 3 N–H and O–H groups in total. The molecule has 2 amide bonds. The number of rotatable bonds is 4. The van der Waals surface area contributed by atoms with Gasteiger partial charge < -0.3 is 25.4 Å².